The Morgan fingerprint density at radius 1 is 1.08 bits per heavy atom. The van der Waals surface area contributed by atoms with Crippen LogP contribution in [0, 0.1) is 5.82 Å². The third-order valence-electron chi connectivity index (χ3n) is 6.86. The van der Waals surface area contributed by atoms with Gasteiger partial charge in [0.05, 0.1) is 24.3 Å². The van der Waals surface area contributed by atoms with Crippen molar-refractivity contribution in [2.24, 2.45) is 0 Å². The van der Waals surface area contributed by atoms with Crippen LogP contribution >= 0.6 is 0 Å². The zero-order chi connectivity index (χ0) is 26.5. The topological polar surface area (TPSA) is 84.9 Å². The fourth-order valence-electron chi connectivity index (χ4n) is 5.12. The standard InChI is InChI=1S/C22H21F7N2O5/c23-16-3-12(1-2-15(16)21(24,25)26)17(33)6-31(11-32)20-8-19(9-20,10-20)30-18(34)7-35-13-4-14(5-13)36-22(27,28)29/h1-3,11,13-14H,4-10H2,(H,30,34). The Morgan fingerprint density at radius 3 is 2.25 bits per heavy atom. The lowest BCUT2D eigenvalue weighted by Crippen LogP contribution is -2.84. The van der Waals surface area contributed by atoms with E-state index in [-0.39, 0.29) is 25.0 Å². The first-order chi connectivity index (χ1) is 16.6. The quantitative estimate of drug-likeness (QED) is 0.287. The summed E-state index contributed by atoms with van der Waals surface area (Å²) in [6.07, 6.45) is -9.65. The number of benzene rings is 1. The second kappa shape index (κ2) is 8.98. The molecular formula is C22H21F7N2O5. The Balaban J connectivity index is 1.22. The minimum Gasteiger partial charge on any atom is -0.368 e. The fraction of sp³-hybridized carbons (Fsp3) is 0.591. The Kier molecular flexibility index (Phi) is 6.56. The third-order valence-corrected chi connectivity index (χ3v) is 6.86. The van der Waals surface area contributed by atoms with Crippen LogP contribution in [-0.2, 0) is 25.2 Å². The lowest BCUT2D eigenvalue weighted by atomic mass is 9.43. The van der Waals surface area contributed by atoms with E-state index in [4.69, 9.17) is 4.74 Å². The van der Waals surface area contributed by atoms with Crippen LogP contribution in [0.3, 0.4) is 0 Å². The summed E-state index contributed by atoms with van der Waals surface area (Å²) in [6.45, 7) is -0.822. The highest BCUT2D eigenvalue weighted by atomic mass is 19.4. The summed E-state index contributed by atoms with van der Waals surface area (Å²) in [4.78, 5) is 37.4. The summed E-state index contributed by atoms with van der Waals surface area (Å²) in [7, 11) is 0. The molecule has 0 aliphatic heterocycles. The van der Waals surface area contributed by atoms with E-state index in [1.54, 1.807) is 0 Å². The summed E-state index contributed by atoms with van der Waals surface area (Å²) < 4.78 is 97.4. The predicted octanol–water partition coefficient (Wildman–Crippen LogP) is 3.36. The van der Waals surface area contributed by atoms with E-state index in [1.165, 1.54) is 4.90 Å². The molecule has 14 heteroatoms. The minimum atomic E-state index is -4.90. The summed E-state index contributed by atoms with van der Waals surface area (Å²) in [5, 5.41) is 2.77. The van der Waals surface area contributed by atoms with Crippen LogP contribution in [0.1, 0.15) is 48.0 Å². The van der Waals surface area contributed by atoms with Gasteiger partial charge in [0, 0.05) is 29.5 Å². The lowest BCUT2D eigenvalue weighted by Gasteiger charge is -2.72. The van der Waals surface area contributed by atoms with Crippen molar-refractivity contribution in [1.29, 1.82) is 0 Å². The van der Waals surface area contributed by atoms with Crippen molar-refractivity contribution in [3.8, 4) is 0 Å². The average Bonchev–Trinajstić information content (AvgIpc) is 2.67. The molecule has 7 nitrogen and oxygen atoms in total. The molecule has 1 N–H and O–H groups in total. The summed E-state index contributed by atoms with van der Waals surface area (Å²) in [5.41, 5.74) is -3.11. The molecule has 0 heterocycles. The fourth-order valence-corrected chi connectivity index (χ4v) is 5.12. The number of carbonyl (C=O) groups is 3. The molecule has 0 aromatic heterocycles. The van der Waals surface area contributed by atoms with Gasteiger partial charge in [0.15, 0.2) is 5.78 Å². The highest BCUT2D eigenvalue weighted by Crippen LogP contribution is 2.63. The lowest BCUT2D eigenvalue weighted by molar-refractivity contribution is -0.357. The molecule has 36 heavy (non-hydrogen) atoms. The molecule has 0 spiro atoms. The van der Waals surface area contributed by atoms with Gasteiger partial charge in [-0.3, -0.25) is 19.1 Å². The van der Waals surface area contributed by atoms with Gasteiger partial charge in [-0.1, -0.05) is 6.07 Å². The number of ether oxygens (including phenoxy) is 2. The van der Waals surface area contributed by atoms with Crippen LogP contribution < -0.4 is 5.32 Å². The maximum absolute atomic E-state index is 13.8. The first-order valence-corrected chi connectivity index (χ1v) is 10.9. The van der Waals surface area contributed by atoms with Gasteiger partial charge < -0.3 is 15.0 Å². The molecule has 0 unspecified atom stereocenters. The number of Topliss-reactive ketones (excluding diaryl/α,β-unsaturated/α-hetero) is 1. The number of amides is 2. The molecule has 2 amide bonds. The van der Waals surface area contributed by atoms with Crippen LogP contribution in [0.4, 0.5) is 30.7 Å². The van der Waals surface area contributed by atoms with Crippen LogP contribution in [0.25, 0.3) is 0 Å². The van der Waals surface area contributed by atoms with Gasteiger partial charge >= 0.3 is 12.5 Å². The van der Waals surface area contributed by atoms with E-state index in [0.717, 1.165) is 6.07 Å². The van der Waals surface area contributed by atoms with E-state index in [9.17, 15) is 45.1 Å². The monoisotopic (exact) mass is 526 g/mol. The number of halogens is 7. The van der Waals surface area contributed by atoms with Crippen molar-refractivity contribution < 1.29 is 54.6 Å². The summed E-state index contributed by atoms with van der Waals surface area (Å²) in [5.74, 6) is -2.80. The molecular weight excluding hydrogens is 505 g/mol. The molecule has 198 valence electrons. The normalized spacial score (nSPS) is 28.9. The van der Waals surface area contributed by atoms with Crippen molar-refractivity contribution >= 4 is 18.1 Å². The minimum absolute atomic E-state index is 0.0200. The van der Waals surface area contributed by atoms with Crippen molar-refractivity contribution in [3.05, 3.63) is 35.1 Å². The van der Waals surface area contributed by atoms with Crippen LogP contribution in [-0.4, -0.2) is 65.8 Å². The Labute approximate surface area is 199 Å². The molecule has 0 atom stereocenters. The average molecular weight is 526 g/mol. The number of hydrogen-bond donors (Lipinski definition) is 1. The molecule has 0 saturated heterocycles. The third kappa shape index (κ3) is 5.33. The van der Waals surface area contributed by atoms with Gasteiger partial charge in [-0.2, -0.15) is 13.2 Å². The maximum Gasteiger partial charge on any atom is 0.522 e. The largest absolute Gasteiger partial charge is 0.522 e. The molecule has 4 fully saturated rings. The van der Waals surface area contributed by atoms with Crippen molar-refractivity contribution in [3.63, 3.8) is 0 Å². The van der Waals surface area contributed by atoms with Gasteiger partial charge in [-0.05, 0) is 31.4 Å². The van der Waals surface area contributed by atoms with Gasteiger partial charge in [-0.15, -0.1) is 13.2 Å². The van der Waals surface area contributed by atoms with E-state index in [1.807, 2.05) is 0 Å². The molecule has 4 saturated carbocycles. The number of carbonyl (C=O) groups excluding carboxylic acids is 3. The highest BCUT2D eigenvalue weighted by molar-refractivity contribution is 5.98. The van der Waals surface area contributed by atoms with Crippen LogP contribution in [0.5, 0.6) is 0 Å². The van der Waals surface area contributed by atoms with Gasteiger partial charge in [0.25, 0.3) is 0 Å². The molecule has 1 aromatic rings. The zero-order valence-corrected chi connectivity index (χ0v) is 18.5. The smallest absolute Gasteiger partial charge is 0.368 e. The predicted molar refractivity (Wildman–Crippen MR) is 106 cm³/mol. The number of nitrogens with one attached hydrogen (secondary N) is 1. The number of rotatable bonds is 10. The Bertz CT molecular complexity index is 1030. The molecule has 5 rings (SSSR count). The summed E-state index contributed by atoms with van der Waals surface area (Å²) >= 11 is 0. The zero-order valence-electron chi connectivity index (χ0n) is 18.5. The molecule has 4 aliphatic rings. The number of ketones is 1. The van der Waals surface area contributed by atoms with E-state index in [0.29, 0.717) is 37.8 Å². The second-order valence-corrected chi connectivity index (χ2v) is 9.52. The van der Waals surface area contributed by atoms with Crippen LogP contribution in [0.15, 0.2) is 18.2 Å². The molecule has 4 aliphatic carbocycles. The highest BCUT2D eigenvalue weighted by Gasteiger charge is 2.71. The van der Waals surface area contributed by atoms with Crippen LogP contribution in [0.2, 0.25) is 0 Å². The Morgan fingerprint density at radius 2 is 1.72 bits per heavy atom. The van der Waals surface area contributed by atoms with E-state index >= 15 is 0 Å². The summed E-state index contributed by atoms with van der Waals surface area (Å²) in [6, 6.07) is 1.80. The van der Waals surface area contributed by atoms with E-state index < -0.39 is 65.4 Å². The van der Waals surface area contributed by atoms with Gasteiger partial charge in [0.2, 0.25) is 12.3 Å². The first-order valence-electron chi connectivity index (χ1n) is 10.9. The van der Waals surface area contributed by atoms with Crippen molar-refractivity contribution in [2.45, 2.75) is 67.9 Å². The molecule has 1 aromatic carbocycles. The Hall–Kier alpha value is -2.74. The van der Waals surface area contributed by atoms with Gasteiger partial charge in [0.1, 0.15) is 12.4 Å². The van der Waals surface area contributed by atoms with Gasteiger partial charge in [-0.25, -0.2) is 4.39 Å². The molecule has 0 radical (unpaired) electrons. The van der Waals surface area contributed by atoms with Crippen molar-refractivity contribution in [2.75, 3.05) is 13.2 Å². The molecule has 2 bridgehead atoms. The first kappa shape index (κ1) is 26.3. The number of hydrogen-bond acceptors (Lipinski definition) is 5. The number of nitrogens with zero attached hydrogens (tertiary/aromatic N) is 1. The second-order valence-electron chi connectivity index (χ2n) is 9.52. The van der Waals surface area contributed by atoms with E-state index in [2.05, 4.69) is 10.1 Å². The van der Waals surface area contributed by atoms with Crippen molar-refractivity contribution in [1.82, 2.24) is 10.2 Å². The number of alkyl halides is 6. The maximum atomic E-state index is 13.8. The SMILES string of the molecule is O=CN(CC(=O)c1ccc(C(F)(F)F)c(F)c1)C12CC(NC(=O)COC3CC(OC(F)(F)F)C3)(C1)C2.